The second-order valence-corrected chi connectivity index (χ2v) is 5.01. The van der Waals surface area contributed by atoms with Crippen LogP contribution in [0.3, 0.4) is 0 Å². The van der Waals surface area contributed by atoms with Crippen molar-refractivity contribution in [1.82, 2.24) is 5.32 Å². The van der Waals surface area contributed by atoms with E-state index in [1.165, 1.54) is 19.8 Å². The molecule has 0 heterocycles. The average molecular weight is 276 g/mol. The number of amides is 2. The molecule has 0 aliphatic heterocycles. The highest BCUT2D eigenvalue weighted by atomic mass is 16.5. The van der Waals surface area contributed by atoms with E-state index in [0.29, 0.717) is 11.4 Å². The van der Waals surface area contributed by atoms with E-state index in [0.717, 1.165) is 12.8 Å². The summed E-state index contributed by atoms with van der Waals surface area (Å²) < 4.78 is 5.48. The molecule has 1 aromatic carbocycles. The van der Waals surface area contributed by atoms with Crippen molar-refractivity contribution >= 4 is 17.5 Å². The van der Waals surface area contributed by atoms with Crippen LogP contribution in [0.2, 0.25) is 0 Å². The summed E-state index contributed by atoms with van der Waals surface area (Å²) >= 11 is 0. The smallest absolute Gasteiger partial charge is 0.258 e. The van der Waals surface area contributed by atoms with E-state index >= 15 is 0 Å². The highest BCUT2D eigenvalue weighted by Gasteiger charge is 2.17. The standard InChI is InChI=1S/C15H20N2O3/c1-11(18)16-13-8-4-5-9-14(13)20-10-15(19)17-12-6-2-3-7-12/h4-5,8-9,12H,2-3,6-7,10H2,1H3,(H,16,18)(H,17,19). The molecule has 2 rings (SSSR count). The Morgan fingerprint density at radius 3 is 2.65 bits per heavy atom. The van der Waals surface area contributed by atoms with E-state index in [2.05, 4.69) is 10.6 Å². The fourth-order valence-electron chi connectivity index (χ4n) is 2.37. The van der Waals surface area contributed by atoms with Gasteiger partial charge in [0.25, 0.3) is 5.91 Å². The van der Waals surface area contributed by atoms with Crippen LogP contribution in [-0.2, 0) is 9.59 Å². The normalized spacial score (nSPS) is 14.8. The first-order valence-electron chi connectivity index (χ1n) is 6.94. The number of hydrogen-bond donors (Lipinski definition) is 2. The first kappa shape index (κ1) is 14.4. The van der Waals surface area contributed by atoms with Crippen molar-refractivity contribution in [3.63, 3.8) is 0 Å². The van der Waals surface area contributed by atoms with Crippen LogP contribution < -0.4 is 15.4 Å². The van der Waals surface area contributed by atoms with Gasteiger partial charge in [-0.25, -0.2) is 0 Å². The monoisotopic (exact) mass is 276 g/mol. The first-order chi connectivity index (χ1) is 9.65. The predicted molar refractivity (Wildman–Crippen MR) is 76.6 cm³/mol. The van der Waals surface area contributed by atoms with Crippen LogP contribution in [0.1, 0.15) is 32.6 Å². The molecule has 1 aromatic rings. The third-order valence-corrected chi connectivity index (χ3v) is 3.28. The van der Waals surface area contributed by atoms with Gasteiger partial charge in [0.15, 0.2) is 6.61 Å². The van der Waals surface area contributed by atoms with E-state index in [-0.39, 0.29) is 24.5 Å². The number of carbonyl (C=O) groups excluding carboxylic acids is 2. The molecule has 20 heavy (non-hydrogen) atoms. The Hall–Kier alpha value is -2.04. The largest absolute Gasteiger partial charge is 0.482 e. The van der Waals surface area contributed by atoms with E-state index in [1.54, 1.807) is 24.3 Å². The number of benzene rings is 1. The number of para-hydroxylation sites is 2. The Balaban J connectivity index is 1.86. The zero-order valence-electron chi connectivity index (χ0n) is 11.6. The molecule has 1 saturated carbocycles. The summed E-state index contributed by atoms with van der Waals surface area (Å²) in [5.41, 5.74) is 0.577. The Kier molecular flexibility index (Phi) is 4.98. The van der Waals surface area contributed by atoms with Gasteiger partial charge in [-0.2, -0.15) is 0 Å². The van der Waals surface area contributed by atoms with Crippen LogP contribution in [0.15, 0.2) is 24.3 Å². The maximum atomic E-state index is 11.8. The summed E-state index contributed by atoms with van der Waals surface area (Å²) in [7, 11) is 0. The molecular formula is C15H20N2O3. The van der Waals surface area contributed by atoms with Gasteiger partial charge in [0.05, 0.1) is 5.69 Å². The lowest BCUT2D eigenvalue weighted by Crippen LogP contribution is -2.36. The second-order valence-electron chi connectivity index (χ2n) is 5.01. The molecule has 1 fully saturated rings. The molecular weight excluding hydrogens is 256 g/mol. The summed E-state index contributed by atoms with van der Waals surface area (Å²) in [6.07, 6.45) is 4.46. The number of ether oxygens (including phenoxy) is 1. The Bertz CT molecular complexity index is 482. The molecule has 2 N–H and O–H groups in total. The minimum absolute atomic E-state index is 0.0346. The number of anilines is 1. The van der Waals surface area contributed by atoms with Crippen molar-refractivity contribution in [2.24, 2.45) is 0 Å². The zero-order valence-corrected chi connectivity index (χ0v) is 11.6. The lowest BCUT2D eigenvalue weighted by atomic mass is 10.2. The van der Waals surface area contributed by atoms with Gasteiger partial charge in [-0.1, -0.05) is 25.0 Å². The summed E-state index contributed by atoms with van der Waals surface area (Å²) in [6, 6.07) is 7.36. The molecule has 0 aromatic heterocycles. The van der Waals surface area contributed by atoms with Crippen molar-refractivity contribution in [3.8, 4) is 5.75 Å². The van der Waals surface area contributed by atoms with Crippen molar-refractivity contribution in [2.45, 2.75) is 38.6 Å². The fourth-order valence-corrected chi connectivity index (χ4v) is 2.37. The summed E-state index contributed by atoms with van der Waals surface area (Å²) in [6.45, 7) is 1.40. The predicted octanol–water partition coefficient (Wildman–Crippen LogP) is 2.08. The van der Waals surface area contributed by atoms with Crippen LogP contribution in [-0.4, -0.2) is 24.5 Å². The average Bonchev–Trinajstić information content (AvgIpc) is 2.90. The Morgan fingerprint density at radius 1 is 1.25 bits per heavy atom. The number of hydrogen-bond acceptors (Lipinski definition) is 3. The third-order valence-electron chi connectivity index (χ3n) is 3.28. The first-order valence-corrected chi connectivity index (χ1v) is 6.94. The van der Waals surface area contributed by atoms with Crippen LogP contribution in [0.5, 0.6) is 5.75 Å². The molecule has 1 aliphatic rings. The lowest BCUT2D eigenvalue weighted by molar-refractivity contribution is -0.123. The van der Waals surface area contributed by atoms with Gasteiger partial charge >= 0.3 is 0 Å². The van der Waals surface area contributed by atoms with Gasteiger partial charge in [0, 0.05) is 13.0 Å². The van der Waals surface area contributed by atoms with Crippen molar-refractivity contribution in [2.75, 3.05) is 11.9 Å². The topological polar surface area (TPSA) is 67.4 Å². The second kappa shape index (κ2) is 6.93. The van der Waals surface area contributed by atoms with E-state index < -0.39 is 0 Å². The van der Waals surface area contributed by atoms with E-state index in [4.69, 9.17) is 4.74 Å². The quantitative estimate of drug-likeness (QED) is 0.865. The number of carbonyl (C=O) groups is 2. The fraction of sp³-hybridized carbons (Fsp3) is 0.467. The summed E-state index contributed by atoms with van der Waals surface area (Å²) in [4.78, 5) is 22.9. The Morgan fingerprint density at radius 2 is 1.95 bits per heavy atom. The number of nitrogens with one attached hydrogen (secondary N) is 2. The van der Waals surface area contributed by atoms with Crippen molar-refractivity contribution < 1.29 is 14.3 Å². The molecule has 0 unspecified atom stereocenters. The van der Waals surface area contributed by atoms with Crippen molar-refractivity contribution in [1.29, 1.82) is 0 Å². The Labute approximate surface area is 118 Å². The summed E-state index contributed by atoms with van der Waals surface area (Å²) in [5.74, 6) is 0.218. The molecule has 5 nitrogen and oxygen atoms in total. The number of rotatable bonds is 5. The SMILES string of the molecule is CC(=O)Nc1ccccc1OCC(=O)NC1CCCC1. The molecule has 5 heteroatoms. The van der Waals surface area contributed by atoms with Gasteiger partial charge in [-0.3, -0.25) is 9.59 Å². The minimum Gasteiger partial charge on any atom is -0.482 e. The minimum atomic E-state index is -0.170. The zero-order chi connectivity index (χ0) is 14.4. The maximum Gasteiger partial charge on any atom is 0.258 e. The van der Waals surface area contributed by atoms with Gasteiger partial charge in [-0.15, -0.1) is 0 Å². The summed E-state index contributed by atoms with van der Waals surface area (Å²) in [5, 5.41) is 5.63. The van der Waals surface area contributed by atoms with Crippen LogP contribution >= 0.6 is 0 Å². The van der Waals surface area contributed by atoms with E-state index in [9.17, 15) is 9.59 Å². The van der Waals surface area contributed by atoms with Crippen LogP contribution in [0.4, 0.5) is 5.69 Å². The van der Waals surface area contributed by atoms with Gasteiger partial charge < -0.3 is 15.4 Å². The van der Waals surface area contributed by atoms with E-state index in [1.807, 2.05) is 0 Å². The molecule has 1 aliphatic carbocycles. The lowest BCUT2D eigenvalue weighted by Gasteiger charge is -2.14. The molecule has 0 spiro atoms. The highest BCUT2D eigenvalue weighted by molar-refractivity contribution is 5.90. The molecule has 0 atom stereocenters. The molecule has 0 radical (unpaired) electrons. The highest BCUT2D eigenvalue weighted by Crippen LogP contribution is 2.23. The molecule has 0 saturated heterocycles. The third kappa shape index (κ3) is 4.26. The molecule has 2 amide bonds. The molecule has 0 bridgehead atoms. The van der Waals surface area contributed by atoms with Crippen LogP contribution in [0, 0.1) is 0 Å². The van der Waals surface area contributed by atoms with Gasteiger partial charge in [0.2, 0.25) is 5.91 Å². The van der Waals surface area contributed by atoms with Gasteiger partial charge in [-0.05, 0) is 25.0 Å². The van der Waals surface area contributed by atoms with Gasteiger partial charge in [0.1, 0.15) is 5.75 Å². The maximum absolute atomic E-state index is 11.8. The van der Waals surface area contributed by atoms with Crippen molar-refractivity contribution in [3.05, 3.63) is 24.3 Å². The van der Waals surface area contributed by atoms with Crippen LogP contribution in [0.25, 0.3) is 0 Å². The molecule has 108 valence electrons.